The van der Waals surface area contributed by atoms with Crippen LogP contribution in [-0.2, 0) is 9.53 Å². The van der Waals surface area contributed by atoms with Crippen LogP contribution in [0.3, 0.4) is 0 Å². The van der Waals surface area contributed by atoms with Crippen molar-refractivity contribution in [2.24, 2.45) is 0 Å². The number of phenolic OH excluding ortho intramolecular Hbond substituents is 1. The second-order valence-electron chi connectivity index (χ2n) is 5.46. The molecule has 1 heterocycles. The maximum Gasteiger partial charge on any atom is 0.329 e. The number of carbonyl (C=O) groups is 1. The minimum absolute atomic E-state index is 0.0506. The molecule has 0 aliphatic carbocycles. The molecule has 116 valence electrons. The minimum Gasteiger partial charge on any atom is -0.508 e. The van der Waals surface area contributed by atoms with E-state index in [1.165, 1.54) is 5.56 Å². The van der Waals surface area contributed by atoms with Crippen LogP contribution in [0.1, 0.15) is 37.8 Å². The summed E-state index contributed by atoms with van der Waals surface area (Å²) in [5, 5.41) is 18.0. The Balaban J connectivity index is 1.90. The van der Waals surface area contributed by atoms with Crippen molar-refractivity contribution in [3.05, 3.63) is 29.8 Å². The second-order valence-corrected chi connectivity index (χ2v) is 5.46. The number of nitrogens with zero attached hydrogens (tertiary/aromatic N) is 1. The highest BCUT2D eigenvalue weighted by Gasteiger charge is 2.25. The number of phenols is 1. The van der Waals surface area contributed by atoms with E-state index in [1.807, 2.05) is 12.1 Å². The van der Waals surface area contributed by atoms with Crippen LogP contribution < -0.4 is 0 Å². The van der Waals surface area contributed by atoms with Gasteiger partial charge in [0.25, 0.3) is 0 Å². The first kappa shape index (κ1) is 15.8. The number of benzene rings is 1. The summed E-state index contributed by atoms with van der Waals surface area (Å²) in [6.07, 6.45) is 2.78. The Morgan fingerprint density at radius 3 is 2.48 bits per heavy atom. The number of carboxylic acid groups (broad SMARTS) is 1. The number of aliphatic carboxylic acids is 1. The molecule has 5 nitrogen and oxygen atoms in total. The van der Waals surface area contributed by atoms with Crippen molar-refractivity contribution in [2.75, 3.05) is 19.7 Å². The van der Waals surface area contributed by atoms with Gasteiger partial charge in [0.2, 0.25) is 0 Å². The van der Waals surface area contributed by atoms with Crippen LogP contribution in [-0.4, -0.2) is 46.9 Å². The molecule has 1 atom stereocenters. The van der Waals surface area contributed by atoms with Crippen molar-refractivity contribution in [2.45, 2.75) is 38.3 Å². The summed E-state index contributed by atoms with van der Waals surface area (Å²) in [5.74, 6) is -0.623. The second kappa shape index (κ2) is 7.43. The molecule has 21 heavy (non-hydrogen) atoms. The van der Waals surface area contributed by atoms with E-state index in [0.29, 0.717) is 6.04 Å². The number of rotatable bonds is 6. The Hall–Kier alpha value is -1.59. The third-order valence-electron chi connectivity index (χ3n) is 4.02. The first-order chi connectivity index (χ1) is 10.1. The Bertz CT molecular complexity index is 452. The van der Waals surface area contributed by atoms with Gasteiger partial charge in [-0.05, 0) is 37.0 Å². The van der Waals surface area contributed by atoms with E-state index in [2.05, 4.69) is 11.8 Å². The van der Waals surface area contributed by atoms with Crippen molar-refractivity contribution in [1.82, 2.24) is 4.90 Å². The van der Waals surface area contributed by atoms with Crippen LogP contribution in [0.5, 0.6) is 5.75 Å². The number of hydrogen-bond acceptors (Lipinski definition) is 4. The molecule has 0 radical (unpaired) electrons. The van der Waals surface area contributed by atoms with Gasteiger partial charge < -0.3 is 14.9 Å². The largest absolute Gasteiger partial charge is 0.508 e. The number of ether oxygens (including phenoxy) is 1. The lowest BCUT2D eigenvalue weighted by atomic mass is 9.98. The topological polar surface area (TPSA) is 70.0 Å². The van der Waals surface area contributed by atoms with Gasteiger partial charge in [0, 0.05) is 19.1 Å². The van der Waals surface area contributed by atoms with Crippen molar-refractivity contribution >= 4 is 5.97 Å². The molecule has 2 rings (SSSR count). The summed E-state index contributed by atoms with van der Waals surface area (Å²) >= 11 is 0. The molecule has 1 saturated heterocycles. The first-order valence-corrected chi connectivity index (χ1v) is 7.46. The first-order valence-electron chi connectivity index (χ1n) is 7.46. The van der Waals surface area contributed by atoms with Crippen LogP contribution in [0, 0.1) is 0 Å². The lowest BCUT2D eigenvalue weighted by Gasteiger charge is -2.37. The monoisotopic (exact) mass is 293 g/mol. The maximum atomic E-state index is 10.5. The van der Waals surface area contributed by atoms with Crippen molar-refractivity contribution in [3.63, 3.8) is 0 Å². The lowest BCUT2D eigenvalue weighted by molar-refractivity contribution is -0.145. The van der Waals surface area contributed by atoms with Crippen LogP contribution in [0.25, 0.3) is 0 Å². The number of piperidine rings is 1. The van der Waals surface area contributed by atoms with Gasteiger partial charge in [0.05, 0.1) is 6.10 Å². The Kier molecular flexibility index (Phi) is 5.59. The van der Waals surface area contributed by atoms with Crippen molar-refractivity contribution in [3.8, 4) is 5.75 Å². The molecule has 0 bridgehead atoms. The quantitative estimate of drug-likeness (QED) is 0.843. The molecule has 0 amide bonds. The molecular formula is C16H23NO4. The summed E-state index contributed by atoms with van der Waals surface area (Å²) in [6, 6.07) is 7.72. The molecule has 1 aliphatic rings. The van der Waals surface area contributed by atoms with Gasteiger partial charge in [0.1, 0.15) is 12.4 Å². The molecule has 0 spiro atoms. The molecule has 1 fully saturated rings. The average Bonchev–Trinajstić information content (AvgIpc) is 2.49. The van der Waals surface area contributed by atoms with E-state index in [-0.39, 0.29) is 18.5 Å². The Morgan fingerprint density at radius 2 is 1.95 bits per heavy atom. The van der Waals surface area contributed by atoms with Gasteiger partial charge in [-0.1, -0.05) is 19.1 Å². The molecule has 0 aromatic heterocycles. The molecule has 2 N–H and O–H groups in total. The fourth-order valence-electron chi connectivity index (χ4n) is 2.94. The predicted molar refractivity (Wildman–Crippen MR) is 79.3 cm³/mol. The van der Waals surface area contributed by atoms with Crippen LogP contribution in [0.4, 0.5) is 0 Å². The third kappa shape index (κ3) is 4.44. The van der Waals surface area contributed by atoms with Gasteiger partial charge in [-0.3, -0.25) is 4.90 Å². The normalized spacial score (nSPS) is 18.5. The van der Waals surface area contributed by atoms with E-state index < -0.39 is 5.97 Å². The van der Waals surface area contributed by atoms with Gasteiger partial charge in [-0.15, -0.1) is 0 Å². The highest BCUT2D eigenvalue weighted by molar-refractivity contribution is 5.68. The van der Waals surface area contributed by atoms with Crippen LogP contribution in [0.15, 0.2) is 24.3 Å². The van der Waals surface area contributed by atoms with E-state index in [1.54, 1.807) is 12.1 Å². The smallest absolute Gasteiger partial charge is 0.329 e. The summed E-state index contributed by atoms with van der Waals surface area (Å²) in [7, 11) is 0. The summed E-state index contributed by atoms with van der Waals surface area (Å²) in [4.78, 5) is 12.9. The summed E-state index contributed by atoms with van der Waals surface area (Å²) in [6.45, 7) is 3.76. The fourth-order valence-corrected chi connectivity index (χ4v) is 2.94. The highest BCUT2D eigenvalue weighted by Crippen LogP contribution is 2.29. The van der Waals surface area contributed by atoms with Crippen LogP contribution >= 0.6 is 0 Å². The number of likely N-dealkylation sites (tertiary alicyclic amines) is 1. The van der Waals surface area contributed by atoms with E-state index in [4.69, 9.17) is 9.84 Å². The predicted octanol–water partition coefficient (Wildman–Crippen LogP) is 2.41. The molecule has 5 heteroatoms. The summed E-state index contributed by atoms with van der Waals surface area (Å²) < 4.78 is 5.37. The highest BCUT2D eigenvalue weighted by atomic mass is 16.5. The van der Waals surface area contributed by atoms with Crippen molar-refractivity contribution < 1.29 is 19.7 Å². The zero-order chi connectivity index (χ0) is 15.2. The van der Waals surface area contributed by atoms with E-state index >= 15 is 0 Å². The van der Waals surface area contributed by atoms with Gasteiger partial charge >= 0.3 is 5.97 Å². The standard InChI is InChI=1S/C16H23NO4/c1-2-15(12-3-5-13(18)6-4-12)17-9-7-14(8-10-17)21-11-16(19)20/h3-6,14-15,18H,2,7-11H2,1H3,(H,19,20). The Morgan fingerprint density at radius 1 is 1.33 bits per heavy atom. The maximum absolute atomic E-state index is 10.5. The molecule has 1 aromatic rings. The average molecular weight is 293 g/mol. The molecule has 1 unspecified atom stereocenters. The van der Waals surface area contributed by atoms with Crippen molar-refractivity contribution in [1.29, 1.82) is 0 Å². The fraction of sp³-hybridized carbons (Fsp3) is 0.562. The van der Waals surface area contributed by atoms with E-state index in [9.17, 15) is 9.90 Å². The minimum atomic E-state index is -0.909. The Labute approximate surface area is 125 Å². The molecule has 1 aliphatic heterocycles. The molecule has 0 saturated carbocycles. The van der Waals surface area contributed by atoms with Crippen LogP contribution in [0.2, 0.25) is 0 Å². The number of aromatic hydroxyl groups is 1. The van der Waals surface area contributed by atoms with Gasteiger partial charge in [0.15, 0.2) is 0 Å². The number of carboxylic acids is 1. The molecular weight excluding hydrogens is 270 g/mol. The van der Waals surface area contributed by atoms with Gasteiger partial charge in [-0.2, -0.15) is 0 Å². The van der Waals surface area contributed by atoms with E-state index in [0.717, 1.165) is 32.4 Å². The zero-order valence-electron chi connectivity index (χ0n) is 12.4. The summed E-state index contributed by atoms with van der Waals surface area (Å²) in [5.41, 5.74) is 1.21. The SMILES string of the molecule is CCC(c1ccc(O)cc1)N1CCC(OCC(=O)O)CC1. The lowest BCUT2D eigenvalue weighted by Crippen LogP contribution is -2.39. The van der Waals surface area contributed by atoms with Gasteiger partial charge in [-0.25, -0.2) is 4.79 Å². The number of hydrogen-bond donors (Lipinski definition) is 2. The zero-order valence-corrected chi connectivity index (χ0v) is 12.4. The third-order valence-corrected chi connectivity index (χ3v) is 4.02. The molecule has 1 aromatic carbocycles.